The number of hydrogen-bond acceptors (Lipinski definition) is 5. The van der Waals surface area contributed by atoms with Gasteiger partial charge in [-0.15, -0.1) is 0 Å². The lowest BCUT2D eigenvalue weighted by Gasteiger charge is -2.25. The minimum atomic E-state index is -0.663. The average molecular weight is 471 g/mol. The zero-order valence-corrected chi connectivity index (χ0v) is 19.1. The standard InChI is InChI=1S/C18H15FN4O2.C10H12/c19-14-6-1-10(16-8-7-15(20)17(21)23-16)9-13(14)18(25)22-11-2-4-12(24)5-3-11;1-2-5-9(6-3-1)10-7-4-8-10/h1-9,24H,20H2,(H2,21,23)(H,22,25);1-3,5-6,10H,4,7-8H2. The summed E-state index contributed by atoms with van der Waals surface area (Å²) in [5, 5.41) is 11.8. The molecule has 1 aromatic heterocycles. The minimum absolute atomic E-state index is 0.0678. The molecule has 4 aromatic rings. The Morgan fingerprint density at radius 2 is 1.66 bits per heavy atom. The predicted octanol–water partition coefficient (Wildman–Crippen LogP) is 5.96. The Hall–Kier alpha value is -4.39. The number of amides is 1. The van der Waals surface area contributed by atoms with Crippen LogP contribution in [0.4, 0.5) is 21.6 Å². The lowest BCUT2D eigenvalue weighted by atomic mass is 9.80. The van der Waals surface area contributed by atoms with Crippen molar-refractivity contribution in [3.05, 3.63) is 102 Å². The third-order valence-corrected chi connectivity index (χ3v) is 5.97. The number of nitrogens with zero attached hydrogens (tertiary/aromatic N) is 1. The summed E-state index contributed by atoms with van der Waals surface area (Å²) in [5.41, 5.74) is 14.5. The van der Waals surface area contributed by atoms with Gasteiger partial charge < -0.3 is 21.9 Å². The van der Waals surface area contributed by atoms with Gasteiger partial charge in [0.15, 0.2) is 0 Å². The van der Waals surface area contributed by atoms with Gasteiger partial charge in [-0.3, -0.25) is 4.79 Å². The average Bonchev–Trinajstić information content (AvgIpc) is 2.83. The van der Waals surface area contributed by atoms with Crippen molar-refractivity contribution in [2.45, 2.75) is 25.2 Å². The van der Waals surface area contributed by atoms with Crippen molar-refractivity contribution >= 4 is 23.1 Å². The fourth-order valence-corrected chi connectivity index (χ4v) is 3.72. The monoisotopic (exact) mass is 470 g/mol. The van der Waals surface area contributed by atoms with Crippen LogP contribution in [0.25, 0.3) is 11.3 Å². The number of nitrogens with one attached hydrogen (secondary N) is 1. The predicted molar refractivity (Wildman–Crippen MR) is 138 cm³/mol. The van der Waals surface area contributed by atoms with Crippen molar-refractivity contribution in [3.8, 4) is 17.0 Å². The molecule has 1 saturated carbocycles. The van der Waals surface area contributed by atoms with Crippen LogP contribution in [-0.4, -0.2) is 16.0 Å². The van der Waals surface area contributed by atoms with Crippen molar-refractivity contribution in [1.29, 1.82) is 0 Å². The number of benzene rings is 3. The van der Waals surface area contributed by atoms with Crippen molar-refractivity contribution < 1.29 is 14.3 Å². The summed E-state index contributed by atoms with van der Waals surface area (Å²) in [7, 11) is 0. The Morgan fingerprint density at radius 1 is 0.943 bits per heavy atom. The lowest BCUT2D eigenvalue weighted by molar-refractivity contribution is 0.102. The highest BCUT2D eigenvalue weighted by atomic mass is 19.1. The van der Waals surface area contributed by atoms with Crippen LogP contribution < -0.4 is 16.8 Å². The topological polar surface area (TPSA) is 114 Å². The van der Waals surface area contributed by atoms with Crippen LogP contribution in [0.2, 0.25) is 0 Å². The maximum Gasteiger partial charge on any atom is 0.258 e. The zero-order chi connectivity index (χ0) is 24.8. The number of carbonyl (C=O) groups excluding carboxylic acids is 1. The SMILES string of the molecule is Nc1ccc(-c2ccc(F)c(C(=O)Nc3ccc(O)cc3)c2)nc1N.c1ccc(C2CCC2)cc1. The van der Waals surface area contributed by atoms with Gasteiger partial charge in [0.2, 0.25) is 0 Å². The van der Waals surface area contributed by atoms with E-state index < -0.39 is 11.7 Å². The quantitative estimate of drug-likeness (QED) is 0.275. The first kappa shape index (κ1) is 23.8. The molecule has 6 N–H and O–H groups in total. The van der Waals surface area contributed by atoms with Gasteiger partial charge in [-0.2, -0.15) is 0 Å². The lowest BCUT2D eigenvalue weighted by Crippen LogP contribution is -2.14. The summed E-state index contributed by atoms with van der Waals surface area (Å²) in [6.07, 6.45) is 4.24. The molecule has 0 saturated heterocycles. The van der Waals surface area contributed by atoms with Gasteiger partial charge >= 0.3 is 0 Å². The highest BCUT2D eigenvalue weighted by molar-refractivity contribution is 6.05. The second kappa shape index (κ2) is 10.7. The van der Waals surface area contributed by atoms with Crippen molar-refractivity contribution in [2.24, 2.45) is 0 Å². The molecule has 1 amide bonds. The Morgan fingerprint density at radius 3 is 2.29 bits per heavy atom. The van der Waals surface area contributed by atoms with Crippen LogP contribution in [0.1, 0.15) is 41.1 Å². The number of rotatable bonds is 4. The van der Waals surface area contributed by atoms with E-state index in [2.05, 4.69) is 40.6 Å². The fraction of sp³-hybridized carbons (Fsp3) is 0.143. The molecule has 1 fully saturated rings. The van der Waals surface area contributed by atoms with Gasteiger partial charge in [0.25, 0.3) is 5.91 Å². The number of phenols is 1. The van der Waals surface area contributed by atoms with Crippen LogP contribution in [0.15, 0.2) is 84.9 Å². The zero-order valence-electron chi connectivity index (χ0n) is 19.1. The molecule has 0 bridgehead atoms. The Balaban J connectivity index is 0.000000239. The molecule has 7 heteroatoms. The van der Waals surface area contributed by atoms with E-state index >= 15 is 0 Å². The summed E-state index contributed by atoms with van der Waals surface area (Å²) in [6, 6.07) is 24.0. The fourth-order valence-electron chi connectivity index (χ4n) is 3.72. The van der Waals surface area contributed by atoms with Crippen molar-refractivity contribution in [2.75, 3.05) is 16.8 Å². The number of nitrogens with two attached hydrogens (primary N) is 2. The van der Waals surface area contributed by atoms with E-state index in [4.69, 9.17) is 11.5 Å². The smallest absolute Gasteiger partial charge is 0.258 e. The molecule has 35 heavy (non-hydrogen) atoms. The van der Waals surface area contributed by atoms with E-state index in [1.54, 1.807) is 12.1 Å². The second-order valence-corrected chi connectivity index (χ2v) is 8.41. The highest BCUT2D eigenvalue weighted by Gasteiger charge is 2.18. The number of aromatic hydroxyl groups is 1. The molecular weight excluding hydrogens is 443 g/mol. The molecule has 0 atom stereocenters. The first-order valence-electron chi connectivity index (χ1n) is 11.4. The van der Waals surface area contributed by atoms with E-state index in [1.807, 2.05) is 0 Å². The van der Waals surface area contributed by atoms with Crippen molar-refractivity contribution in [1.82, 2.24) is 4.98 Å². The van der Waals surface area contributed by atoms with E-state index in [0.717, 1.165) is 5.92 Å². The summed E-state index contributed by atoms with van der Waals surface area (Å²) < 4.78 is 14.1. The van der Waals surface area contributed by atoms with E-state index in [1.165, 1.54) is 67.3 Å². The number of nitrogen functional groups attached to an aromatic ring is 2. The van der Waals surface area contributed by atoms with Gasteiger partial charge in [-0.05, 0) is 78.9 Å². The molecule has 1 heterocycles. The van der Waals surface area contributed by atoms with Crippen LogP contribution in [-0.2, 0) is 0 Å². The van der Waals surface area contributed by atoms with Crippen LogP contribution >= 0.6 is 0 Å². The second-order valence-electron chi connectivity index (χ2n) is 8.41. The highest BCUT2D eigenvalue weighted by Crippen LogP contribution is 2.35. The number of halogens is 1. The number of pyridine rings is 1. The van der Waals surface area contributed by atoms with E-state index in [-0.39, 0.29) is 17.1 Å². The van der Waals surface area contributed by atoms with E-state index in [9.17, 15) is 14.3 Å². The number of aromatic nitrogens is 1. The Labute approximate surface area is 203 Å². The number of hydrogen-bond donors (Lipinski definition) is 4. The van der Waals surface area contributed by atoms with Gasteiger partial charge in [0.1, 0.15) is 17.4 Å². The summed E-state index contributed by atoms with van der Waals surface area (Å²) in [4.78, 5) is 16.5. The van der Waals surface area contributed by atoms with Gasteiger partial charge in [0, 0.05) is 11.3 Å². The maximum atomic E-state index is 14.1. The molecule has 1 aliphatic rings. The Kier molecular flexibility index (Phi) is 7.26. The summed E-state index contributed by atoms with van der Waals surface area (Å²) >= 11 is 0. The Bertz CT molecular complexity index is 1310. The van der Waals surface area contributed by atoms with Crippen LogP contribution in [0, 0.1) is 5.82 Å². The van der Waals surface area contributed by atoms with Gasteiger partial charge in [0.05, 0.1) is 16.9 Å². The van der Waals surface area contributed by atoms with Gasteiger partial charge in [-0.25, -0.2) is 9.37 Å². The van der Waals surface area contributed by atoms with Crippen LogP contribution in [0.5, 0.6) is 5.75 Å². The molecule has 0 spiro atoms. The summed E-state index contributed by atoms with van der Waals surface area (Å²) in [5.74, 6) is -0.159. The minimum Gasteiger partial charge on any atom is -0.508 e. The normalized spacial score (nSPS) is 12.7. The molecule has 0 unspecified atom stereocenters. The first-order chi connectivity index (χ1) is 16.9. The largest absolute Gasteiger partial charge is 0.508 e. The van der Waals surface area contributed by atoms with E-state index in [0.29, 0.717) is 22.6 Å². The third kappa shape index (κ3) is 5.95. The molecule has 5 rings (SSSR count). The van der Waals surface area contributed by atoms with Gasteiger partial charge in [-0.1, -0.05) is 36.8 Å². The third-order valence-electron chi connectivity index (χ3n) is 5.97. The molecule has 6 nitrogen and oxygen atoms in total. The molecule has 178 valence electrons. The number of anilines is 3. The first-order valence-corrected chi connectivity index (χ1v) is 11.4. The number of phenolic OH excluding ortho intramolecular Hbond substituents is 1. The summed E-state index contributed by atoms with van der Waals surface area (Å²) in [6.45, 7) is 0. The molecule has 3 aromatic carbocycles. The van der Waals surface area contributed by atoms with Crippen molar-refractivity contribution in [3.63, 3.8) is 0 Å². The van der Waals surface area contributed by atoms with Crippen LogP contribution in [0.3, 0.4) is 0 Å². The molecule has 0 radical (unpaired) electrons. The molecule has 0 aliphatic heterocycles. The maximum absolute atomic E-state index is 14.1. The molecular formula is C28H27FN4O2. The molecule has 1 aliphatic carbocycles. The number of carbonyl (C=O) groups is 1.